The molecule has 0 aromatic carbocycles. The van der Waals surface area contributed by atoms with E-state index < -0.39 is 6.43 Å². The molecule has 15 heavy (non-hydrogen) atoms. The smallest absolute Gasteiger partial charge is 0.250 e. The van der Waals surface area contributed by atoms with Gasteiger partial charge in [0.1, 0.15) is 5.69 Å². The second-order valence-electron chi connectivity index (χ2n) is 3.05. The van der Waals surface area contributed by atoms with E-state index in [1.54, 1.807) is 6.92 Å². The fourth-order valence-electron chi connectivity index (χ4n) is 1.24. The van der Waals surface area contributed by atoms with Crippen molar-refractivity contribution in [3.05, 3.63) is 28.6 Å². The van der Waals surface area contributed by atoms with Crippen LogP contribution in [0.25, 0.3) is 0 Å². The first-order chi connectivity index (χ1) is 7.10. The minimum absolute atomic E-state index is 0.0241. The number of pyridine rings is 1. The number of hydrogen-bond donors (Lipinski definition) is 0. The molecule has 1 aromatic heterocycles. The third kappa shape index (κ3) is 2.63. The second-order valence-corrected chi connectivity index (χ2v) is 3.31. The molecule has 1 heterocycles. The number of nitrogens with zero attached hydrogens (tertiary/aromatic N) is 2. The third-order valence-electron chi connectivity index (χ3n) is 2.11. The summed E-state index contributed by atoms with van der Waals surface area (Å²) in [5.74, 6) is 0.145. The molecule has 0 aliphatic carbocycles. The number of aromatic nitrogens is 1. The molecule has 0 N–H and O–H groups in total. The maximum absolute atomic E-state index is 12.4. The Morgan fingerprint density at radius 3 is 2.73 bits per heavy atom. The first-order valence-corrected chi connectivity index (χ1v) is 4.84. The molecule has 0 radical (unpaired) electrons. The standard InChI is InChI=1S/C10H9ClF2N2/c1-6-7(5-11)4-9(10(12)13)15-8(6)2-3-14/h4,10H,2,5H2,1H3. The van der Waals surface area contributed by atoms with Crippen molar-refractivity contribution in [1.29, 1.82) is 5.26 Å². The van der Waals surface area contributed by atoms with Crippen molar-refractivity contribution in [3.63, 3.8) is 0 Å². The van der Waals surface area contributed by atoms with Gasteiger partial charge in [-0.3, -0.25) is 4.98 Å². The van der Waals surface area contributed by atoms with Crippen LogP contribution in [0.4, 0.5) is 8.78 Å². The van der Waals surface area contributed by atoms with Gasteiger partial charge in [-0.1, -0.05) is 0 Å². The molecule has 0 amide bonds. The van der Waals surface area contributed by atoms with Crippen molar-refractivity contribution in [2.24, 2.45) is 0 Å². The summed E-state index contributed by atoms with van der Waals surface area (Å²) in [5.41, 5.74) is 1.38. The predicted octanol–water partition coefficient (Wildman–Crippen LogP) is 3.13. The molecule has 1 aromatic rings. The van der Waals surface area contributed by atoms with E-state index in [4.69, 9.17) is 16.9 Å². The topological polar surface area (TPSA) is 36.7 Å². The average molecular weight is 231 g/mol. The molecule has 0 fully saturated rings. The van der Waals surface area contributed by atoms with E-state index in [1.807, 2.05) is 6.07 Å². The highest BCUT2D eigenvalue weighted by Gasteiger charge is 2.14. The summed E-state index contributed by atoms with van der Waals surface area (Å²) in [6.07, 6.45) is -2.61. The van der Waals surface area contributed by atoms with Crippen LogP contribution in [0.5, 0.6) is 0 Å². The molecule has 0 spiro atoms. The molecule has 1 rings (SSSR count). The van der Waals surface area contributed by atoms with Crippen molar-refractivity contribution < 1.29 is 8.78 Å². The van der Waals surface area contributed by atoms with Crippen LogP contribution in [0.2, 0.25) is 0 Å². The summed E-state index contributed by atoms with van der Waals surface area (Å²) in [7, 11) is 0. The Labute approximate surface area is 91.5 Å². The predicted molar refractivity (Wildman–Crippen MR) is 52.8 cm³/mol. The van der Waals surface area contributed by atoms with E-state index in [-0.39, 0.29) is 18.0 Å². The van der Waals surface area contributed by atoms with Crippen LogP contribution >= 0.6 is 11.6 Å². The number of alkyl halides is 3. The van der Waals surface area contributed by atoms with E-state index in [9.17, 15) is 8.78 Å². The highest BCUT2D eigenvalue weighted by molar-refractivity contribution is 6.17. The van der Waals surface area contributed by atoms with E-state index in [2.05, 4.69) is 4.98 Å². The van der Waals surface area contributed by atoms with Crippen LogP contribution in [0.1, 0.15) is 28.9 Å². The van der Waals surface area contributed by atoms with Crippen molar-refractivity contribution in [2.75, 3.05) is 0 Å². The van der Waals surface area contributed by atoms with Gasteiger partial charge in [-0.25, -0.2) is 8.78 Å². The van der Waals surface area contributed by atoms with Gasteiger partial charge in [0.2, 0.25) is 0 Å². The molecule has 2 nitrogen and oxygen atoms in total. The largest absolute Gasteiger partial charge is 0.280 e. The van der Waals surface area contributed by atoms with Crippen LogP contribution in [0, 0.1) is 18.3 Å². The Morgan fingerprint density at radius 2 is 2.27 bits per heavy atom. The van der Waals surface area contributed by atoms with Crippen LogP contribution in [-0.4, -0.2) is 4.98 Å². The molecule has 0 aliphatic rings. The molecular formula is C10H9ClF2N2. The molecule has 5 heteroatoms. The fraction of sp³-hybridized carbons (Fsp3) is 0.400. The maximum atomic E-state index is 12.4. The third-order valence-corrected chi connectivity index (χ3v) is 2.40. The zero-order chi connectivity index (χ0) is 11.4. The summed E-state index contributed by atoms with van der Waals surface area (Å²) in [5, 5.41) is 8.53. The van der Waals surface area contributed by atoms with Gasteiger partial charge in [0.15, 0.2) is 0 Å². The quantitative estimate of drug-likeness (QED) is 0.748. The summed E-state index contributed by atoms with van der Waals surface area (Å²) in [6.45, 7) is 1.73. The highest BCUT2D eigenvalue weighted by Crippen LogP contribution is 2.23. The lowest BCUT2D eigenvalue weighted by molar-refractivity contribution is 0.145. The monoisotopic (exact) mass is 230 g/mol. The molecular weight excluding hydrogens is 222 g/mol. The Balaban J connectivity index is 3.26. The first-order valence-electron chi connectivity index (χ1n) is 4.30. The lowest BCUT2D eigenvalue weighted by Crippen LogP contribution is -2.02. The van der Waals surface area contributed by atoms with Crippen molar-refractivity contribution in [3.8, 4) is 6.07 Å². The zero-order valence-electron chi connectivity index (χ0n) is 8.10. The Morgan fingerprint density at radius 1 is 1.60 bits per heavy atom. The SMILES string of the molecule is Cc1c(CCl)cc(C(F)F)nc1CC#N. The van der Waals surface area contributed by atoms with Gasteiger partial charge in [-0.2, -0.15) is 5.26 Å². The number of nitriles is 1. The summed E-state index contributed by atoms with van der Waals surface area (Å²) >= 11 is 5.63. The van der Waals surface area contributed by atoms with E-state index in [0.717, 1.165) is 5.56 Å². The van der Waals surface area contributed by atoms with Gasteiger partial charge >= 0.3 is 0 Å². The van der Waals surface area contributed by atoms with E-state index in [1.165, 1.54) is 6.07 Å². The van der Waals surface area contributed by atoms with E-state index >= 15 is 0 Å². The van der Waals surface area contributed by atoms with Gasteiger partial charge in [0.05, 0.1) is 18.2 Å². The Hall–Kier alpha value is -1.21. The molecule has 0 unspecified atom stereocenters. The van der Waals surface area contributed by atoms with Gasteiger partial charge < -0.3 is 0 Å². The molecule has 0 aliphatic heterocycles. The Kier molecular flexibility index (Phi) is 3.98. The van der Waals surface area contributed by atoms with Gasteiger partial charge in [-0.15, -0.1) is 11.6 Å². The first kappa shape index (κ1) is 11.9. The Bertz CT molecular complexity index is 399. The number of rotatable bonds is 3. The molecule has 0 saturated heterocycles. The van der Waals surface area contributed by atoms with Gasteiger partial charge in [0.25, 0.3) is 6.43 Å². The average Bonchev–Trinajstić information content (AvgIpc) is 2.21. The molecule has 80 valence electrons. The van der Waals surface area contributed by atoms with Crippen molar-refractivity contribution >= 4 is 11.6 Å². The van der Waals surface area contributed by atoms with Crippen molar-refractivity contribution in [2.45, 2.75) is 25.7 Å². The van der Waals surface area contributed by atoms with Crippen LogP contribution in [0.15, 0.2) is 6.07 Å². The van der Waals surface area contributed by atoms with Crippen LogP contribution < -0.4 is 0 Å². The highest BCUT2D eigenvalue weighted by atomic mass is 35.5. The molecule has 0 saturated carbocycles. The fourth-order valence-corrected chi connectivity index (χ4v) is 1.52. The van der Waals surface area contributed by atoms with Gasteiger partial charge in [-0.05, 0) is 24.1 Å². The maximum Gasteiger partial charge on any atom is 0.280 e. The lowest BCUT2D eigenvalue weighted by Gasteiger charge is -2.09. The zero-order valence-corrected chi connectivity index (χ0v) is 8.85. The minimum atomic E-state index is -2.63. The summed E-state index contributed by atoms with van der Waals surface area (Å²) < 4.78 is 24.9. The summed E-state index contributed by atoms with van der Waals surface area (Å²) in [4.78, 5) is 3.74. The normalized spacial score (nSPS) is 10.4. The summed E-state index contributed by atoms with van der Waals surface area (Å²) in [6, 6.07) is 3.18. The van der Waals surface area contributed by atoms with E-state index in [0.29, 0.717) is 11.3 Å². The van der Waals surface area contributed by atoms with Gasteiger partial charge in [0, 0.05) is 5.88 Å². The minimum Gasteiger partial charge on any atom is -0.250 e. The second kappa shape index (κ2) is 5.04. The number of hydrogen-bond acceptors (Lipinski definition) is 2. The van der Waals surface area contributed by atoms with Crippen LogP contribution in [-0.2, 0) is 12.3 Å². The molecule has 0 atom stereocenters. The van der Waals surface area contributed by atoms with Crippen LogP contribution in [0.3, 0.4) is 0 Å². The number of halogens is 3. The lowest BCUT2D eigenvalue weighted by atomic mass is 10.1. The van der Waals surface area contributed by atoms with Crippen molar-refractivity contribution in [1.82, 2.24) is 4.98 Å². The molecule has 0 bridgehead atoms.